The van der Waals surface area contributed by atoms with Gasteiger partial charge in [-0.2, -0.15) is 0 Å². The third-order valence-corrected chi connectivity index (χ3v) is 12.6. The van der Waals surface area contributed by atoms with Gasteiger partial charge >= 0.3 is 0 Å². The van der Waals surface area contributed by atoms with Crippen LogP contribution < -0.4 is 4.90 Å². The van der Waals surface area contributed by atoms with Gasteiger partial charge in [-0.05, 0) is 82.6 Å². The lowest BCUT2D eigenvalue weighted by Crippen LogP contribution is -2.10. The highest BCUT2D eigenvalue weighted by molar-refractivity contribution is 7.26. The molecule has 0 unspecified atom stereocenters. The number of benzene rings is 9. The van der Waals surface area contributed by atoms with Gasteiger partial charge in [0.1, 0.15) is 11.2 Å². The number of nitrogens with zero attached hydrogens (tertiary/aromatic N) is 2. The molecule has 0 N–H and O–H groups in total. The lowest BCUT2D eigenvalue weighted by Gasteiger charge is -2.27. The first kappa shape index (κ1) is 31.2. The standard InChI is InChI=1S/C52H32N2OS/c1-2-13-33(14-3-1)34-25-27-36(28-26-34)53(46-31-35-15-4-5-16-38(35)52-51(46)42-19-8-11-24-49(42)56-52)37-29-30-41-48(32-37)55-47-23-12-22-45(50(41)47)54-43-20-9-6-17-39(43)40-18-7-10-21-44(40)54/h1-32H. The van der Waals surface area contributed by atoms with E-state index < -0.39 is 0 Å². The molecular weight excluding hydrogens is 701 g/mol. The molecule has 0 atom stereocenters. The van der Waals surface area contributed by atoms with Crippen molar-refractivity contribution in [2.24, 2.45) is 0 Å². The van der Waals surface area contributed by atoms with E-state index in [1.165, 1.54) is 63.9 Å². The Morgan fingerprint density at radius 1 is 0.429 bits per heavy atom. The number of hydrogen-bond donors (Lipinski definition) is 0. The summed E-state index contributed by atoms with van der Waals surface area (Å²) in [6.45, 7) is 0. The maximum Gasteiger partial charge on any atom is 0.137 e. The van der Waals surface area contributed by atoms with Gasteiger partial charge < -0.3 is 13.9 Å². The van der Waals surface area contributed by atoms with Crippen molar-refractivity contribution in [2.75, 3.05) is 4.90 Å². The first-order valence-corrected chi connectivity index (χ1v) is 19.8. The van der Waals surface area contributed by atoms with E-state index in [-0.39, 0.29) is 0 Å². The second kappa shape index (κ2) is 12.2. The number of anilines is 3. The topological polar surface area (TPSA) is 21.3 Å². The van der Waals surface area contributed by atoms with E-state index in [9.17, 15) is 0 Å². The van der Waals surface area contributed by atoms with Gasteiger partial charge in [0.05, 0.1) is 27.8 Å². The number of hydrogen-bond acceptors (Lipinski definition) is 3. The van der Waals surface area contributed by atoms with E-state index in [4.69, 9.17) is 4.42 Å². The molecule has 0 bridgehead atoms. The smallest absolute Gasteiger partial charge is 0.137 e. The van der Waals surface area contributed by atoms with Crippen LogP contribution in [0.5, 0.6) is 0 Å². The van der Waals surface area contributed by atoms with Gasteiger partial charge in [0, 0.05) is 53.8 Å². The fraction of sp³-hybridized carbons (Fsp3) is 0. The molecule has 0 radical (unpaired) electrons. The molecule has 0 amide bonds. The van der Waals surface area contributed by atoms with E-state index in [0.29, 0.717) is 0 Å². The van der Waals surface area contributed by atoms with Crippen LogP contribution in [0.1, 0.15) is 0 Å². The number of aromatic nitrogens is 1. The van der Waals surface area contributed by atoms with Crippen molar-refractivity contribution in [1.82, 2.24) is 4.57 Å². The molecule has 9 aromatic carbocycles. The second-order valence-corrected chi connectivity index (χ2v) is 15.5. The zero-order chi connectivity index (χ0) is 36.7. The summed E-state index contributed by atoms with van der Waals surface area (Å²) in [6, 6.07) is 70.0. The summed E-state index contributed by atoms with van der Waals surface area (Å²) in [7, 11) is 0. The van der Waals surface area contributed by atoms with Gasteiger partial charge in [0.2, 0.25) is 0 Å². The predicted octanol–water partition coefficient (Wildman–Crippen LogP) is 15.3. The third kappa shape index (κ3) is 4.63. The maximum atomic E-state index is 6.83. The Hall–Kier alpha value is -7.14. The van der Waals surface area contributed by atoms with Crippen LogP contribution in [-0.2, 0) is 0 Å². The monoisotopic (exact) mass is 732 g/mol. The summed E-state index contributed by atoms with van der Waals surface area (Å²) in [5, 5.41) is 9.69. The van der Waals surface area contributed by atoms with Gasteiger partial charge in [-0.15, -0.1) is 11.3 Å². The molecule has 0 aliphatic heterocycles. The summed E-state index contributed by atoms with van der Waals surface area (Å²) in [5.41, 5.74) is 10.8. The largest absolute Gasteiger partial charge is 0.456 e. The van der Waals surface area contributed by atoms with Crippen molar-refractivity contribution < 1.29 is 4.42 Å². The molecule has 3 aromatic heterocycles. The van der Waals surface area contributed by atoms with Crippen molar-refractivity contribution in [3.63, 3.8) is 0 Å². The van der Waals surface area contributed by atoms with Gasteiger partial charge in [0.15, 0.2) is 0 Å². The maximum absolute atomic E-state index is 6.83. The highest BCUT2D eigenvalue weighted by atomic mass is 32.1. The number of fused-ring (bicyclic) bond motifs is 11. The molecule has 0 aliphatic carbocycles. The minimum Gasteiger partial charge on any atom is -0.456 e. The first-order valence-electron chi connectivity index (χ1n) is 19.0. The SMILES string of the molecule is c1ccc(-c2ccc(N(c3ccc4c(c3)oc3cccc(-n5c6ccccc6c6ccccc65)c34)c3cc4ccccc4c4sc5ccccc5c34)cc2)cc1. The molecule has 56 heavy (non-hydrogen) atoms. The molecule has 4 heteroatoms. The number of thiophene rings is 1. The molecule has 12 rings (SSSR count). The van der Waals surface area contributed by atoms with Crippen molar-refractivity contribution in [3.05, 3.63) is 194 Å². The Morgan fingerprint density at radius 2 is 1.07 bits per heavy atom. The number of para-hydroxylation sites is 2. The van der Waals surface area contributed by atoms with E-state index in [1.54, 1.807) is 0 Å². The summed E-state index contributed by atoms with van der Waals surface area (Å²) in [4.78, 5) is 2.42. The quantitative estimate of drug-likeness (QED) is 0.176. The minimum absolute atomic E-state index is 0.851. The molecule has 0 fully saturated rings. The van der Waals surface area contributed by atoms with Crippen molar-refractivity contribution in [3.8, 4) is 16.8 Å². The van der Waals surface area contributed by atoms with Gasteiger partial charge in [-0.1, -0.05) is 127 Å². The lowest BCUT2D eigenvalue weighted by atomic mass is 10.0. The van der Waals surface area contributed by atoms with Crippen LogP contribution in [0, 0.1) is 0 Å². The molecule has 3 nitrogen and oxygen atoms in total. The van der Waals surface area contributed by atoms with Crippen LogP contribution in [-0.4, -0.2) is 4.57 Å². The Bertz CT molecular complexity index is 3430. The Labute approximate surface area is 326 Å². The van der Waals surface area contributed by atoms with Crippen LogP contribution in [0.15, 0.2) is 199 Å². The molecule has 0 saturated heterocycles. The predicted molar refractivity (Wildman–Crippen MR) is 239 cm³/mol. The highest BCUT2D eigenvalue weighted by Gasteiger charge is 2.23. The Balaban J connectivity index is 1.11. The van der Waals surface area contributed by atoms with E-state index in [0.717, 1.165) is 44.7 Å². The van der Waals surface area contributed by atoms with Crippen molar-refractivity contribution >= 4 is 103 Å². The second-order valence-electron chi connectivity index (χ2n) is 14.5. The molecule has 0 saturated carbocycles. The molecule has 0 spiro atoms. The molecule has 0 aliphatic rings. The van der Waals surface area contributed by atoms with Crippen LogP contribution in [0.4, 0.5) is 17.1 Å². The minimum atomic E-state index is 0.851. The van der Waals surface area contributed by atoms with E-state index >= 15 is 0 Å². The summed E-state index contributed by atoms with van der Waals surface area (Å²) in [6.07, 6.45) is 0. The molecule has 262 valence electrons. The number of furan rings is 1. The van der Waals surface area contributed by atoms with Crippen LogP contribution >= 0.6 is 11.3 Å². The van der Waals surface area contributed by atoms with Crippen LogP contribution in [0.3, 0.4) is 0 Å². The van der Waals surface area contributed by atoms with Crippen molar-refractivity contribution in [2.45, 2.75) is 0 Å². The fourth-order valence-electron chi connectivity index (χ4n) is 8.88. The normalized spacial score (nSPS) is 11.9. The van der Waals surface area contributed by atoms with Crippen molar-refractivity contribution in [1.29, 1.82) is 0 Å². The zero-order valence-corrected chi connectivity index (χ0v) is 31.0. The first-order chi connectivity index (χ1) is 27.8. The Kier molecular flexibility index (Phi) is 6.80. The van der Waals surface area contributed by atoms with E-state index in [2.05, 4.69) is 204 Å². The zero-order valence-electron chi connectivity index (χ0n) is 30.2. The van der Waals surface area contributed by atoms with E-state index in [1.807, 2.05) is 11.3 Å². The van der Waals surface area contributed by atoms with Gasteiger partial charge in [0.25, 0.3) is 0 Å². The summed E-state index contributed by atoms with van der Waals surface area (Å²) >= 11 is 1.87. The van der Waals surface area contributed by atoms with Gasteiger partial charge in [-0.25, -0.2) is 0 Å². The summed E-state index contributed by atoms with van der Waals surface area (Å²) < 4.78 is 11.8. The average molecular weight is 733 g/mol. The molecular formula is C52H32N2OS. The Morgan fingerprint density at radius 3 is 1.86 bits per heavy atom. The third-order valence-electron chi connectivity index (χ3n) is 11.4. The molecule has 3 heterocycles. The highest BCUT2D eigenvalue weighted by Crippen LogP contribution is 2.49. The van der Waals surface area contributed by atoms with Crippen LogP contribution in [0.2, 0.25) is 0 Å². The summed E-state index contributed by atoms with van der Waals surface area (Å²) in [5.74, 6) is 0. The van der Waals surface area contributed by atoms with Crippen LogP contribution in [0.25, 0.3) is 91.5 Å². The lowest BCUT2D eigenvalue weighted by molar-refractivity contribution is 0.669. The fourth-order valence-corrected chi connectivity index (χ4v) is 10.1. The molecule has 12 aromatic rings. The van der Waals surface area contributed by atoms with Gasteiger partial charge in [-0.3, -0.25) is 0 Å². The average Bonchev–Trinajstić information content (AvgIpc) is 3.94. The number of rotatable bonds is 5.